The number of thioether (sulfide) groups is 1. The van der Waals surface area contributed by atoms with Crippen LogP contribution in [0.1, 0.15) is 19.4 Å². The Morgan fingerprint density at radius 2 is 2.00 bits per heavy atom. The number of ether oxygens (including phenoxy) is 1. The van der Waals surface area contributed by atoms with Gasteiger partial charge in [-0.3, -0.25) is 4.79 Å². The van der Waals surface area contributed by atoms with E-state index in [1.54, 1.807) is 13.4 Å². The minimum Gasteiger partial charge on any atom is -0.456 e. The van der Waals surface area contributed by atoms with E-state index in [2.05, 4.69) is 0 Å². The average Bonchev–Trinajstić information content (AvgIpc) is 2.91. The van der Waals surface area contributed by atoms with Crippen LogP contribution in [0.2, 0.25) is 0 Å². The van der Waals surface area contributed by atoms with Crippen molar-refractivity contribution in [2.24, 2.45) is 0 Å². The van der Waals surface area contributed by atoms with E-state index < -0.39 is 0 Å². The van der Waals surface area contributed by atoms with Gasteiger partial charge in [0.2, 0.25) is 11.0 Å². The molecule has 22 heavy (non-hydrogen) atoms. The lowest BCUT2D eigenvalue weighted by atomic mass is 10.3. The van der Waals surface area contributed by atoms with Crippen molar-refractivity contribution < 1.29 is 13.6 Å². The number of fused-ring (bicyclic) bond motifs is 1. The van der Waals surface area contributed by atoms with Crippen LogP contribution in [-0.4, -0.2) is 38.8 Å². The van der Waals surface area contributed by atoms with Gasteiger partial charge in [-0.05, 0) is 6.92 Å². The molecule has 2 aromatic rings. The van der Waals surface area contributed by atoms with E-state index in [-0.39, 0.29) is 11.0 Å². The molecule has 0 saturated heterocycles. The van der Waals surface area contributed by atoms with Crippen molar-refractivity contribution in [2.45, 2.75) is 20.8 Å². The molecule has 2 rings (SSSR count). The summed E-state index contributed by atoms with van der Waals surface area (Å²) in [6.45, 7) is 7.42. The van der Waals surface area contributed by atoms with Crippen LogP contribution in [0.4, 0.5) is 5.88 Å². The Balaban J connectivity index is 0.00000116. The monoisotopic (exact) mass is 327 g/mol. The third-order valence-electron chi connectivity index (χ3n) is 2.98. The second-order valence-electron chi connectivity index (χ2n) is 4.55. The summed E-state index contributed by atoms with van der Waals surface area (Å²) < 4.78 is 15.9. The first-order valence-corrected chi connectivity index (χ1v) is 8.58. The van der Waals surface area contributed by atoms with Crippen molar-refractivity contribution in [3.63, 3.8) is 0 Å². The Labute approximate surface area is 135 Å². The molecule has 0 aliphatic carbocycles. The number of anilines is 1. The number of rotatable bonds is 7. The highest BCUT2D eigenvalue weighted by atomic mass is 32.2. The van der Waals surface area contributed by atoms with E-state index >= 15 is 0 Å². The molecule has 124 valence electrons. The fourth-order valence-corrected chi connectivity index (χ4v) is 2.68. The normalized spacial score (nSPS) is 10.4. The lowest BCUT2D eigenvalue weighted by molar-refractivity contribution is 0.218. The molecule has 0 aliphatic rings. The third kappa shape index (κ3) is 4.81. The largest absolute Gasteiger partial charge is 0.456 e. The summed E-state index contributed by atoms with van der Waals surface area (Å²) in [5.74, 6) is 2.49. The molecule has 5 nitrogen and oxygen atoms in total. The van der Waals surface area contributed by atoms with Crippen molar-refractivity contribution in [1.29, 1.82) is 0 Å². The molecule has 0 spiro atoms. The van der Waals surface area contributed by atoms with E-state index in [0.29, 0.717) is 11.5 Å². The Kier molecular flexibility index (Phi) is 8.12. The van der Waals surface area contributed by atoms with E-state index in [0.717, 1.165) is 30.2 Å². The van der Waals surface area contributed by atoms with Gasteiger partial charge in [-0.1, -0.05) is 13.8 Å². The van der Waals surface area contributed by atoms with Gasteiger partial charge in [0.15, 0.2) is 11.5 Å². The van der Waals surface area contributed by atoms with E-state index in [4.69, 9.17) is 13.6 Å². The lowest BCUT2D eigenvalue weighted by Crippen LogP contribution is -2.21. The fourth-order valence-electron chi connectivity index (χ4n) is 1.79. The molecule has 0 unspecified atom stereocenters. The second-order valence-corrected chi connectivity index (χ2v) is 5.78. The molecule has 2 heterocycles. The summed E-state index contributed by atoms with van der Waals surface area (Å²) in [6.07, 6.45) is 1.54. The van der Waals surface area contributed by atoms with Crippen LogP contribution in [0.5, 0.6) is 0 Å². The minimum atomic E-state index is -0.145. The average molecular weight is 327 g/mol. The van der Waals surface area contributed by atoms with Gasteiger partial charge in [-0.25, -0.2) is 0 Å². The standard InChI is InChI=1S/C14H19NO4S.C2H6/c1-10-9-18-14-11(16)8-12(19-13(10)14)15(2)4-6-20-7-5-17-3;1-2/h8-9H,4-7H2,1-3H3;1-2H3. The van der Waals surface area contributed by atoms with Crippen molar-refractivity contribution in [3.8, 4) is 0 Å². The molecule has 0 bridgehead atoms. The van der Waals surface area contributed by atoms with Crippen LogP contribution in [0.3, 0.4) is 0 Å². The molecule has 0 radical (unpaired) electrons. The van der Waals surface area contributed by atoms with Crippen molar-refractivity contribution >= 4 is 28.8 Å². The van der Waals surface area contributed by atoms with Crippen molar-refractivity contribution in [3.05, 3.63) is 28.1 Å². The first-order valence-electron chi connectivity index (χ1n) is 7.43. The summed E-state index contributed by atoms with van der Waals surface area (Å²) in [5.41, 5.74) is 1.51. The second kappa shape index (κ2) is 9.58. The summed E-state index contributed by atoms with van der Waals surface area (Å²) in [7, 11) is 3.61. The smallest absolute Gasteiger partial charge is 0.230 e. The molecule has 0 aromatic carbocycles. The maximum atomic E-state index is 11.9. The maximum Gasteiger partial charge on any atom is 0.230 e. The van der Waals surface area contributed by atoms with Gasteiger partial charge in [-0.2, -0.15) is 11.8 Å². The van der Waals surface area contributed by atoms with Crippen LogP contribution in [-0.2, 0) is 4.74 Å². The Morgan fingerprint density at radius 1 is 1.27 bits per heavy atom. The Bertz CT molecular complexity index is 620. The predicted octanol–water partition coefficient (Wildman–Crippen LogP) is 3.54. The quantitative estimate of drug-likeness (QED) is 0.725. The molecule has 0 atom stereocenters. The number of nitrogens with zero attached hydrogens (tertiary/aromatic N) is 1. The number of methoxy groups -OCH3 is 1. The zero-order valence-corrected chi connectivity index (χ0v) is 14.8. The van der Waals surface area contributed by atoms with Gasteiger partial charge in [0.05, 0.1) is 18.9 Å². The predicted molar refractivity (Wildman–Crippen MR) is 93.3 cm³/mol. The van der Waals surface area contributed by atoms with E-state index in [1.807, 2.05) is 44.5 Å². The molecule has 6 heteroatoms. The summed E-state index contributed by atoms with van der Waals surface area (Å²) in [5, 5.41) is 0. The van der Waals surface area contributed by atoms with Gasteiger partial charge < -0.3 is 18.5 Å². The van der Waals surface area contributed by atoms with Gasteiger partial charge >= 0.3 is 0 Å². The zero-order valence-electron chi connectivity index (χ0n) is 14.0. The molecule has 0 saturated carbocycles. The maximum absolute atomic E-state index is 11.9. The molecule has 0 N–H and O–H groups in total. The number of hydrogen-bond acceptors (Lipinski definition) is 6. The SMILES string of the molecule is CC.COCCSCCN(C)c1cc(=O)c2occ(C)c2o1. The molecule has 2 aromatic heterocycles. The summed E-state index contributed by atoms with van der Waals surface area (Å²) >= 11 is 1.81. The number of aryl methyl sites for hydroxylation is 1. The lowest BCUT2D eigenvalue weighted by Gasteiger charge is -2.16. The number of hydrogen-bond donors (Lipinski definition) is 0. The Morgan fingerprint density at radius 3 is 2.68 bits per heavy atom. The number of furan rings is 1. The van der Waals surface area contributed by atoms with E-state index in [1.165, 1.54) is 6.07 Å². The fraction of sp³-hybridized carbons (Fsp3) is 0.562. The molecule has 0 amide bonds. The zero-order chi connectivity index (χ0) is 16.5. The van der Waals surface area contributed by atoms with Crippen LogP contribution in [0.15, 0.2) is 26.0 Å². The highest BCUT2D eigenvalue weighted by molar-refractivity contribution is 7.99. The topological polar surface area (TPSA) is 55.8 Å². The van der Waals surface area contributed by atoms with Crippen LogP contribution >= 0.6 is 11.8 Å². The minimum absolute atomic E-state index is 0.145. The summed E-state index contributed by atoms with van der Waals surface area (Å²) in [4.78, 5) is 13.9. The summed E-state index contributed by atoms with van der Waals surface area (Å²) in [6, 6.07) is 1.48. The molecule has 0 fully saturated rings. The van der Waals surface area contributed by atoms with Gasteiger partial charge in [-0.15, -0.1) is 0 Å². The van der Waals surface area contributed by atoms with Crippen LogP contribution in [0, 0.1) is 6.92 Å². The van der Waals surface area contributed by atoms with Gasteiger partial charge in [0, 0.05) is 37.8 Å². The van der Waals surface area contributed by atoms with Gasteiger partial charge in [0.25, 0.3) is 0 Å². The van der Waals surface area contributed by atoms with Crippen LogP contribution < -0.4 is 10.3 Å². The van der Waals surface area contributed by atoms with Crippen molar-refractivity contribution in [1.82, 2.24) is 0 Å². The third-order valence-corrected chi connectivity index (χ3v) is 3.91. The molecule has 0 aliphatic heterocycles. The molecular weight excluding hydrogens is 302 g/mol. The van der Waals surface area contributed by atoms with Gasteiger partial charge in [0.1, 0.15) is 0 Å². The van der Waals surface area contributed by atoms with Crippen LogP contribution in [0.25, 0.3) is 11.2 Å². The molecular formula is C16H25NO4S. The first-order chi connectivity index (χ1) is 10.6. The van der Waals surface area contributed by atoms with E-state index in [9.17, 15) is 4.79 Å². The Hall–Kier alpha value is -1.40. The highest BCUT2D eigenvalue weighted by Crippen LogP contribution is 2.22. The van der Waals surface area contributed by atoms with Crippen molar-refractivity contribution in [2.75, 3.05) is 43.7 Å². The highest BCUT2D eigenvalue weighted by Gasteiger charge is 2.13. The first kappa shape index (κ1) is 18.6.